The van der Waals surface area contributed by atoms with Crippen LogP contribution in [0.4, 0.5) is 10.5 Å². The predicted octanol–water partition coefficient (Wildman–Crippen LogP) is 5.52. The minimum Gasteiger partial charge on any atom is -0.325 e. The summed E-state index contributed by atoms with van der Waals surface area (Å²) in [4.78, 5) is 14.5. The lowest BCUT2D eigenvalue weighted by Crippen LogP contribution is -2.36. The fourth-order valence-corrected chi connectivity index (χ4v) is 2.57. The van der Waals surface area contributed by atoms with Crippen molar-refractivity contribution in [2.24, 2.45) is 0 Å². The van der Waals surface area contributed by atoms with Gasteiger partial charge in [0, 0.05) is 18.8 Å². The molecule has 0 aliphatic carbocycles. The summed E-state index contributed by atoms with van der Waals surface area (Å²) < 4.78 is 0. The van der Waals surface area contributed by atoms with E-state index in [0.717, 1.165) is 37.2 Å². The van der Waals surface area contributed by atoms with Gasteiger partial charge in [-0.3, -0.25) is 0 Å². The van der Waals surface area contributed by atoms with E-state index in [1.54, 1.807) is 0 Å². The Morgan fingerprint density at radius 3 is 2.09 bits per heavy atom. The van der Waals surface area contributed by atoms with E-state index in [9.17, 15) is 4.79 Å². The van der Waals surface area contributed by atoms with Gasteiger partial charge in [0.2, 0.25) is 0 Å². The predicted molar refractivity (Wildman–Crippen MR) is 95.6 cm³/mol. The van der Waals surface area contributed by atoms with E-state index >= 15 is 0 Å². The molecule has 124 valence electrons. The highest BCUT2D eigenvalue weighted by Crippen LogP contribution is 2.17. The SMILES string of the molecule is CCCCCN(CCCCC)C(=O)Nc1ccc(C)cc1C. The van der Waals surface area contributed by atoms with Crippen molar-refractivity contribution < 1.29 is 4.79 Å². The van der Waals surface area contributed by atoms with E-state index in [-0.39, 0.29) is 6.03 Å². The zero-order valence-electron chi connectivity index (χ0n) is 14.7. The summed E-state index contributed by atoms with van der Waals surface area (Å²) in [5.74, 6) is 0. The molecule has 22 heavy (non-hydrogen) atoms. The lowest BCUT2D eigenvalue weighted by Gasteiger charge is -2.23. The molecule has 0 saturated heterocycles. The number of anilines is 1. The van der Waals surface area contributed by atoms with E-state index in [2.05, 4.69) is 32.2 Å². The molecule has 1 rings (SSSR count). The highest BCUT2D eigenvalue weighted by molar-refractivity contribution is 5.90. The van der Waals surface area contributed by atoms with E-state index in [1.165, 1.54) is 31.2 Å². The number of aryl methyl sites for hydroxylation is 2. The maximum atomic E-state index is 12.6. The van der Waals surface area contributed by atoms with Gasteiger partial charge in [0.05, 0.1) is 0 Å². The second kappa shape index (κ2) is 10.3. The molecule has 0 atom stereocenters. The van der Waals surface area contributed by atoms with Crippen LogP contribution in [0, 0.1) is 13.8 Å². The van der Waals surface area contributed by atoms with Crippen LogP contribution in [0.25, 0.3) is 0 Å². The number of nitrogens with zero attached hydrogens (tertiary/aromatic N) is 1. The van der Waals surface area contributed by atoms with Crippen molar-refractivity contribution in [3.63, 3.8) is 0 Å². The molecule has 0 bridgehead atoms. The highest BCUT2D eigenvalue weighted by Gasteiger charge is 2.13. The summed E-state index contributed by atoms with van der Waals surface area (Å²) in [5, 5.41) is 3.08. The zero-order chi connectivity index (χ0) is 16.4. The molecule has 0 aliphatic heterocycles. The van der Waals surface area contributed by atoms with Crippen molar-refractivity contribution in [1.29, 1.82) is 0 Å². The molecule has 3 heteroatoms. The Morgan fingerprint density at radius 1 is 1.00 bits per heavy atom. The number of unbranched alkanes of at least 4 members (excludes halogenated alkanes) is 4. The zero-order valence-corrected chi connectivity index (χ0v) is 14.7. The normalized spacial score (nSPS) is 10.5. The van der Waals surface area contributed by atoms with Crippen LogP contribution in [-0.4, -0.2) is 24.0 Å². The Balaban J connectivity index is 2.63. The maximum absolute atomic E-state index is 12.6. The first kappa shape index (κ1) is 18.5. The first-order chi connectivity index (χ1) is 10.6. The van der Waals surface area contributed by atoms with E-state index in [1.807, 2.05) is 24.0 Å². The average Bonchev–Trinajstić information content (AvgIpc) is 2.48. The van der Waals surface area contributed by atoms with Crippen LogP contribution < -0.4 is 5.32 Å². The number of hydrogen-bond donors (Lipinski definition) is 1. The van der Waals surface area contributed by atoms with Crippen molar-refractivity contribution in [3.8, 4) is 0 Å². The molecule has 0 heterocycles. The van der Waals surface area contributed by atoms with Crippen LogP contribution >= 0.6 is 0 Å². The maximum Gasteiger partial charge on any atom is 0.321 e. The standard InChI is InChI=1S/C19H32N2O/c1-5-7-9-13-21(14-10-8-6-2)19(22)20-18-12-11-16(3)15-17(18)4/h11-12,15H,5-10,13-14H2,1-4H3,(H,20,22). The second-order valence-corrected chi connectivity index (χ2v) is 6.15. The number of rotatable bonds is 9. The Kier molecular flexibility index (Phi) is 8.64. The van der Waals surface area contributed by atoms with Crippen molar-refractivity contribution in [2.75, 3.05) is 18.4 Å². The topological polar surface area (TPSA) is 32.3 Å². The minimum atomic E-state index is 0.0409. The second-order valence-electron chi connectivity index (χ2n) is 6.15. The molecule has 2 amide bonds. The number of hydrogen-bond acceptors (Lipinski definition) is 1. The number of carbonyl (C=O) groups excluding carboxylic acids is 1. The van der Waals surface area contributed by atoms with Crippen LogP contribution in [0.1, 0.15) is 63.5 Å². The van der Waals surface area contributed by atoms with E-state index in [0.29, 0.717) is 0 Å². The summed E-state index contributed by atoms with van der Waals surface area (Å²) in [6.07, 6.45) is 6.90. The monoisotopic (exact) mass is 304 g/mol. The number of carbonyl (C=O) groups is 1. The smallest absolute Gasteiger partial charge is 0.321 e. The molecular weight excluding hydrogens is 272 g/mol. The van der Waals surface area contributed by atoms with Crippen LogP contribution in [-0.2, 0) is 0 Å². The first-order valence-electron chi connectivity index (χ1n) is 8.71. The average molecular weight is 304 g/mol. The summed E-state index contributed by atoms with van der Waals surface area (Å²) in [6.45, 7) is 10.2. The molecule has 0 fully saturated rings. The van der Waals surface area contributed by atoms with E-state index < -0.39 is 0 Å². The summed E-state index contributed by atoms with van der Waals surface area (Å²) in [7, 11) is 0. The molecule has 0 aromatic heterocycles. The molecule has 0 unspecified atom stereocenters. The van der Waals surface area contributed by atoms with Crippen LogP contribution in [0.3, 0.4) is 0 Å². The van der Waals surface area contributed by atoms with Crippen LogP contribution in [0.15, 0.2) is 18.2 Å². The van der Waals surface area contributed by atoms with Crippen molar-refractivity contribution in [3.05, 3.63) is 29.3 Å². The number of nitrogens with one attached hydrogen (secondary N) is 1. The molecule has 1 N–H and O–H groups in total. The molecule has 0 aliphatic rings. The molecular formula is C19H32N2O. The van der Waals surface area contributed by atoms with Gasteiger partial charge in [-0.25, -0.2) is 4.79 Å². The lowest BCUT2D eigenvalue weighted by atomic mass is 10.1. The van der Waals surface area contributed by atoms with Crippen LogP contribution in [0.5, 0.6) is 0 Å². The van der Waals surface area contributed by atoms with Gasteiger partial charge in [0.25, 0.3) is 0 Å². The Bertz CT molecular complexity index is 447. The summed E-state index contributed by atoms with van der Waals surface area (Å²) in [6, 6.07) is 6.19. The van der Waals surface area contributed by atoms with Crippen molar-refractivity contribution in [1.82, 2.24) is 4.90 Å². The molecule has 3 nitrogen and oxygen atoms in total. The van der Waals surface area contributed by atoms with Crippen molar-refractivity contribution >= 4 is 11.7 Å². The molecule has 1 aromatic rings. The van der Waals surface area contributed by atoms with Gasteiger partial charge >= 0.3 is 6.03 Å². The first-order valence-corrected chi connectivity index (χ1v) is 8.71. The van der Waals surface area contributed by atoms with Crippen molar-refractivity contribution in [2.45, 2.75) is 66.2 Å². The van der Waals surface area contributed by atoms with Gasteiger partial charge in [-0.05, 0) is 38.3 Å². The van der Waals surface area contributed by atoms with Gasteiger partial charge in [0.15, 0.2) is 0 Å². The molecule has 0 radical (unpaired) electrons. The highest BCUT2D eigenvalue weighted by atomic mass is 16.2. The van der Waals surface area contributed by atoms with Gasteiger partial charge in [-0.1, -0.05) is 57.2 Å². The third kappa shape index (κ3) is 6.50. The summed E-state index contributed by atoms with van der Waals surface area (Å²) in [5.41, 5.74) is 3.26. The number of benzene rings is 1. The number of amides is 2. The third-order valence-electron chi connectivity index (χ3n) is 3.97. The fourth-order valence-electron chi connectivity index (χ4n) is 2.57. The minimum absolute atomic E-state index is 0.0409. The lowest BCUT2D eigenvalue weighted by molar-refractivity contribution is 0.209. The Morgan fingerprint density at radius 2 is 1.59 bits per heavy atom. The van der Waals surface area contributed by atoms with E-state index in [4.69, 9.17) is 0 Å². The summed E-state index contributed by atoms with van der Waals surface area (Å²) >= 11 is 0. The Labute approximate surface area is 136 Å². The fraction of sp³-hybridized carbons (Fsp3) is 0.632. The Hall–Kier alpha value is -1.51. The molecule has 0 spiro atoms. The molecule has 0 saturated carbocycles. The van der Waals surface area contributed by atoms with Gasteiger partial charge in [0.1, 0.15) is 0 Å². The van der Waals surface area contributed by atoms with Gasteiger partial charge < -0.3 is 10.2 Å². The quantitative estimate of drug-likeness (QED) is 0.599. The molecule has 1 aromatic carbocycles. The largest absolute Gasteiger partial charge is 0.325 e. The van der Waals surface area contributed by atoms with Crippen LogP contribution in [0.2, 0.25) is 0 Å². The van der Waals surface area contributed by atoms with Gasteiger partial charge in [-0.2, -0.15) is 0 Å². The third-order valence-corrected chi connectivity index (χ3v) is 3.97. The van der Waals surface area contributed by atoms with Gasteiger partial charge in [-0.15, -0.1) is 0 Å². The number of urea groups is 1.